The SMILES string of the molecule is CC1C=Cc2c(ccc3ccccc23)C2c3ccccc3CCCCC12. The third-order valence-electron chi connectivity index (χ3n) is 6.63. The van der Waals surface area contributed by atoms with Gasteiger partial charge in [-0.25, -0.2) is 0 Å². The fraction of sp³-hybridized carbons (Fsp3) is 0.308. The van der Waals surface area contributed by atoms with Gasteiger partial charge in [0.2, 0.25) is 0 Å². The fourth-order valence-electron chi connectivity index (χ4n) is 5.28. The average Bonchev–Trinajstić information content (AvgIpc) is 2.80. The van der Waals surface area contributed by atoms with Crippen molar-refractivity contribution < 1.29 is 0 Å². The molecule has 130 valence electrons. The smallest absolute Gasteiger partial charge is 0.0132 e. The number of aryl methyl sites for hydroxylation is 1. The number of hydrogen-bond acceptors (Lipinski definition) is 0. The van der Waals surface area contributed by atoms with E-state index in [1.54, 1.807) is 11.1 Å². The van der Waals surface area contributed by atoms with Gasteiger partial charge >= 0.3 is 0 Å². The highest BCUT2D eigenvalue weighted by Gasteiger charge is 2.33. The Labute approximate surface area is 156 Å². The minimum absolute atomic E-state index is 0.510. The minimum atomic E-state index is 0.510. The molecule has 2 aliphatic rings. The zero-order valence-electron chi connectivity index (χ0n) is 15.5. The van der Waals surface area contributed by atoms with Crippen LogP contribution in [0.2, 0.25) is 0 Å². The summed E-state index contributed by atoms with van der Waals surface area (Å²) in [6.07, 6.45) is 10.1. The number of fused-ring (bicyclic) bond motifs is 7. The van der Waals surface area contributed by atoms with Crippen molar-refractivity contribution in [1.82, 2.24) is 0 Å². The first-order chi connectivity index (χ1) is 12.8. The van der Waals surface area contributed by atoms with Gasteiger partial charge in [0.15, 0.2) is 0 Å². The summed E-state index contributed by atoms with van der Waals surface area (Å²) in [4.78, 5) is 0. The van der Waals surface area contributed by atoms with Crippen LogP contribution in [0, 0.1) is 11.8 Å². The van der Waals surface area contributed by atoms with E-state index < -0.39 is 0 Å². The minimum Gasteiger partial charge on any atom is -0.0808 e. The second-order valence-electron chi connectivity index (χ2n) is 8.09. The molecule has 2 aliphatic carbocycles. The van der Waals surface area contributed by atoms with Gasteiger partial charge in [-0.3, -0.25) is 0 Å². The van der Waals surface area contributed by atoms with Crippen molar-refractivity contribution in [2.45, 2.75) is 38.5 Å². The summed E-state index contributed by atoms with van der Waals surface area (Å²) in [5, 5.41) is 2.75. The predicted molar refractivity (Wildman–Crippen MR) is 111 cm³/mol. The van der Waals surface area contributed by atoms with Crippen molar-refractivity contribution in [2.24, 2.45) is 11.8 Å². The van der Waals surface area contributed by atoms with E-state index in [2.05, 4.69) is 79.7 Å². The molecule has 0 heteroatoms. The van der Waals surface area contributed by atoms with E-state index in [4.69, 9.17) is 0 Å². The number of hydrogen-bond donors (Lipinski definition) is 0. The second-order valence-corrected chi connectivity index (χ2v) is 8.09. The van der Waals surface area contributed by atoms with Crippen molar-refractivity contribution in [3.05, 3.63) is 89.0 Å². The largest absolute Gasteiger partial charge is 0.0808 e. The van der Waals surface area contributed by atoms with Gasteiger partial charge in [-0.1, -0.05) is 86.2 Å². The molecule has 0 spiro atoms. The molecule has 0 aromatic heterocycles. The number of benzene rings is 3. The van der Waals surface area contributed by atoms with Crippen molar-refractivity contribution in [3.63, 3.8) is 0 Å². The monoisotopic (exact) mass is 338 g/mol. The zero-order chi connectivity index (χ0) is 17.5. The van der Waals surface area contributed by atoms with Gasteiger partial charge in [-0.15, -0.1) is 0 Å². The van der Waals surface area contributed by atoms with Gasteiger partial charge in [0.25, 0.3) is 0 Å². The molecule has 3 unspecified atom stereocenters. The Hall–Kier alpha value is -2.34. The summed E-state index contributed by atoms with van der Waals surface area (Å²) < 4.78 is 0. The van der Waals surface area contributed by atoms with E-state index >= 15 is 0 Å². The highest BCUT2D eigenvalue weighted by Crippen LogP contribution is 2.47. The van der Waals surface area contributed by atoms with E-state index in [9.17, 15) is 0 Å². The lowest BCUT2D eigenvalue weighted by Crippen LogP contribution is -2.22. The normalized spacial score (nSPS) is 24.7. The molecule has 0 radical (unpaired) electrons. The van der Waals surface area contributed by atoms with Crippen LogP contribution in [-0.4, -0.2) is 0 Å². The molecular weight excluding hydrogens is 312 g/mol. The molecule has 0 bridgehead atoms. The summed E-state index contributed by atoms with van der Waals surface area (Å²) in [5.74, 6) is 1.81. The van der Waals surface area contributed by atoms with E-state index in [0.29, 0.717) is 17.8 Å². The van der Waals surface area contributed by atoms with Crippen molar-refractivity contribution in [2.75, 3.05) is 0 Å². The first kappa shape index (κ1) is 15.9. The lowest BCUT2D eigenvalue weighted by molar-refractivity contribution is 0.334. The van der Waals surface area contributed by atoms with Gasteiger partial charge in [-0.2, -0.15) is 0 Å². The Morgan fingerprint density at radius 2 is 1.65 bits per heavy atom. The molecular formula is C26H26. The summed E-state index contributed by atoms with van der Waals surface area (Å²) in [5.41, 5.74) is 6.11. The van der Waals surface area contributed by atoms with Crippen LogP contribution in [0.25, 0.3) is 16.8 Å². The lowest BCUT2D eigenvalue weighted by Gasteiger charge is -2.34. The van der Waals surface area contributed by atoms with E-state index in [-0.39, 0.29) is 0 Å². The molecule has 0 saturated carbocycles. The second kappa shape index (κ2) is 6.43. The third kappa shape index (κ3) is 2.51. The molecule has 0 heterocycles. The number of allylic oxidation sites excluding steroid dienone is 1. The Morgan fingerprint density at radius 1 is 0.808 bits per heavy atom. The maximum absolute atomic E-state index is 2.47. The Morgan fingerprint density at radius 3 is 2.62 bits per heavy atom. The van der Waals surface area contributed by atoms with Gasteiger partial charge in [0.1, 0.15) is 0 Å². The van der Waals surface area contributed by atoms with E-state index in [0.717, 1.165) is 0 Å². The molecule has 0 saturated heterocycles. The molecule has 0 N–H and O–H groups in total. The van der Waals surface area contributed by atoms with Crippen LogP contribution >= 0.6 is 0 Å². The van der Waals surface area contributed by atoms with Gasteiger partial charge < -0.3 is 0 Å². The Balaban J connectivity index is 1.81. The van der Waals surface area contributed by atoms with Crippen LogP contribution in [0.1, 0.15) is 54.4 Å². The summed E-state index contributed by atoms with van der Waals surface area (Å²) in [6, 6.07) is 22.8. The number of rotatable bonds is 0. The molecule has 0 fully saturated rings. The van der Waals surface area contributed by atoms with Crippen LogP contribution in [0.5, 0.6) is 0 Å². The maximum Gasteiger partial charge on any atom is 0.0132 e. The molecule has 3 aromatic rings. The fourth-order valence-corrected chi connectivity index (χ4v) is 5.28. The molecule has 0 aliphatic heterocycles. The molecule has 0 amide bonds. The van der Waals surface area contributed by atoms with E-state index in [1.165, 1.54) is 47.6 Å². The van der Waals surface area contributed by atoms with Crippen LogP contribution < -0.4 is 0 Å². The zero-order valence-corrected chi connectivity index (χ0v) is 15.5. The Kier molecular flexibility index (Phi) is 3.93. The first-order valence-electron chi connectivity index (χ1n) is 10.1. The Bertz CT molecular complexity index is 978. The van der Waals surface area contributed by atoms with Crippen LogP contribution in [0.3, 0.4) is 0 Å². The van der Waals surface area contributed by atoms with Crippen LogP contribution in [0.4, 0.5) is 0 Å². The van der Waals surface area contributed by atoms with Crippen LogP contribution in [0.15, 0.2) is 66.7 Å². The van der Waals surface area contributed by atoms with Gasteiger partial charge in [0.05, 0.1) is 0 Å². The summed E-state index contributed by atoms with van der Waals surface area (Å²) in [6.45, 7) is 2.42. The standard InChI is InChI=1S/C26H26/c1-18-14-16-24-22-12-6-3-10-20(22)15-17-25(24)26-21(18)11-5-2-8-19-9-4-7-13-23(19)26/h3-4,6-7,9-10,12-18,21,26H,2,5,8,11H2,1H3. The highest BCUT2D eigenvalue weighted by atomic mass is 14.4. The van der Waals surface area contributed by atoms with E-state index in [1.807, 2.05) is 0 Å². The summed E-state index contributed by atoms with van der Waals surface area (Å²) >= 11 is 0. The molecule has 26 heavy (non-hydrogen) atoms. The third-order valence-corrected chi connectivity index (χ3v) is 6.63. The summed E-state index contributed by atoms with van der Waals surface area (Å²) in [7, 11) is 0. The van der Waals surface area contributed by atoms with Gasteiger partial charge in [-0.05, 0) is 64.1 Å². The van der Waals surface area contributed by atoms with Crippen molar-refractivity contribution >= 4 is 16.8 Å². The topological polar surface area (TPSA) is 0 Å². The molecule has 3 aromatic carbocycles. The molecule has 3 atom stereocenters. The van der Waals surface area contributed by atoms with Crippen molar-refractivity contribution in [3.8, 4) is 0 Å². The van der Waals surface area contributed by atoms with Crippen LogP contribution in [-0.2, 0) is 6.42 Å². The average molecular weight is 338 g/mol. The predicted octanol–water partition coefficient (Wildman–Crippen LogP) is 6.98. The van der Waals surface area contributed by atoms with Crippen molar-refractivity contribution in [1.29, 1.82) is 0 Å². The lowest BCUT2D eigenvalue weighted by atomic mass is 9.70. The molecule has 5 rings (SSSR count). The highest BCUT2D eigenvalue weighted by molar-refractivity contribution is 5.92. The molecule has 0 nitrogen and oxygen atoms in total. The maximum atomic E-state index is 2.47. The first-order valence-corrected chi connectivity index (χ1v) is 10.1. The quantitative estimate of drug-likeness (QED) is 0.415. The van der Waals surface area contributed by atoms with Gasteiger partial charge in [0, 0.05) is 5.92 Å².